The van der Waals surface area contributed by atoms with Crippen molar-refractivity contribution in [3.63, 3.8) is 0 Å². The molecule has 44 heavy (non-hydrogen) atoms. The van der Waals surface area contributed by atoms with Gasteiger partial charge in [0.2, 0.25) is 0 Å². The van der Waals surface area contributed by atoms with Gasteiger partial charge in [-0.1, -0.05) is 0 Å². The second kappa shape index (κ2) is 17.3. The Kier molecular flexibility index (Phi) is 15.1. The maximum Gasteiger partial charge on any atom is 0.335 e. The smallest absolute Gasteiger partial charge is 0.335 e. The van der Waals surface area contributed by atoms with E-state index in [2.05, 4.69) is 0 Å². The lowest BCUT2D eigenvalue weighted by Gasteiger charge is -2.41. The number of aliphatic hydroxyl groups excluding tert-OH is 9. The fourth-order valence-corrected chi connectivity index (χ4v) is 3.99. The van der Waals surface area contributed by atoms with Gasteiger partial charge in [-0.3, -0.25) is 0 Å². The number of aliphatic carboxylic acids is 2. The summed E-state index contributed by atoms with van der Waals surface area (Å²) in [7, 11) is 0. The predicted molar refractivity (Wildman–Crippen MR) is 135 cm³/mol. The molecule has 0 saturated carbocycles. The second-order valence-electron chi connectivity index (χ2n) is 10.6. The van der Waals surface area contributed by atoms with E-state index in [0.717, 1.165) is 0 Å². The number of ether oxygens (including phenoxy) is 7. The number of carboxylic acid groups (broad SMARTS) is 2. The lowest BCUT2D eigenvalue weighted by atomic mass is 10.0. The number of hydrogen-bond donors (Lipinski definition) is 11. The van der Waals surface area contributed by atoms with Gasteiger partial charge in [-0.25, -0.2) is 9.59 Å². The normalized spacial score (nSPS) is 33.2. The van der Waals surface area contributed by atoms with Crippen LogP contribution in [0.1, 0.15) is 13.8 Å². The zero-order valence-electron chi connectivity index (χ0n) is 23.8. The molecule has 0 amide bonds. The van der Waals surface area contributed by atoms with Crippen LogP contribution in [0.2, 0.25) is 0 Å². The maximum atomic E-state index is 11.5. The van der Waals surface area contributed by atoms with Crippen molar-refractivity contribution in [2.45, 2.75) is 99.4 Å². The van der Waals surface area contributed by atoms with E-state index in [1.54, 1.807) is 0 Å². The zero-order valence-corrected chi connectivity index (χ0v) is 23.8. The Hall–Kier alpha value is -1.70. The first-order chi connectivity index (χ1) is 20.5. The third kappa shape index (κ3) is 10.4. The van der Waals surface area contributed by atoms with Crippen LogP contribution in [0, 0.1) is 0 Å². The van der Waals surface area contributed by atoms with Crippen molar-refractivity contribution in [2.75, 3.05) is 39.6 Å². The van der Waals surface area contributed by atoms with Gasteiger partial charge in [-0.05, 0) is 13.8 Å². The van der Waals surface area contributed by atoms with Gasteiger partial charge in [0.15, 0.2) is 31.1 Å². The average Bonchev–Trinajstić information content (AvgIpc) is 2.96. The summed E-state index contributed by atoms with van der Waals surface area (Å²) in [5.74, 6) is -3.15. The van der Waals surface area contributed by atoms with Gasteiger partial charge in [-0.15, -0.1) is 0 Å². The van der Waals surface area contributed by atoms with E-state index < -0.39 is 137 Å². The van der Waals surface area contributed by atoms with Crippen LogP contribution in [-0.4, -0.2) is 193 Å². The van der Waals surface area contributed by atoms with Crippen molar-refractivity contribution in [1.82, 2.24) is 0 Å². The summed E-state index contributed by atoms with van der Waals surface area (Å²) in [6.45, 7) is -1.75. The molecule has 2 aliphatic heterocycles. The summed E-state index contributed by atoms with van der Waals surface area (Å²) >= 11 is 0. The standard InChI is InChI=1S/C24H42O20/c1-24(2,44-13(4-26)20(36)37)14(30)8-41-23-17(33)18(10(28)6-39-23)43-21(42-12(3-25)19(34)35)11(29)7-40-22-16(32)15(31)9(27)5-38-22/h9-18,21-23,25-33H,3-8H2,1-2H3,(H,34,35)(H,36,37). The topological polar surface area (TPSA) is 321 Å². The highest BCUT2D eigenvalue weighted by Crippen LogP contribution is 2.25. The number of hydrogen-bond acceptors (Lipinski definition) is 18. The van der Waals surface area contributed by atoms with Gasteiger partial charge >= 0.3 is 11.9 Å². The SMILES string of the molecule is CC(C)(OC(CO)C(=O)O)C(O)COC1OCC(O)C(OC(OC(CO)C(=O)O)C(O)COC2OCC(O)C(O)C2O)C1O. The van der Waals surface area contributed by atoms with Crippen molar-refractivity contribution in [3.05, 3.63) is 0 Å². The van der Waals surface area contributed by atoms with E-state index in [-0.39, 0.29) is 0 Å². The largest absolute Gasteiger partial charge is 0.479 e. The number of carboxylic acids is 2. The van der Waals surface area contributed by atoms with Crippen LogP contribution in [0.25, 0.3) is 0 Å². The fraction of sp³-hybridized carbons (Fsp3) is 0.917. The van der Waals surface area contributed by atoms with Crippen LogP contribution in [0.5, 0.6) is 0 Å². The van der Waals surface area contributed by atoms with Gasteiger partial charge in [0.25, 0.3) is 0 Å². The third-order valence-electron chi connectivity index (χ3n) is 6.76. The number of aliphatic hydroxyl groups is 9. The molecule has 0 aromatic rings. The summed E-state index contributed by atoms with van der Waals surface area (Å²) in [4.78, 5) is 22.6. The van der Waals surface area contributed by atoms with E-state index in [9.17, 15) is 60.7 Å². The van der Waals surface area contributed by atoms with E-state index in [1.165, 1.54) is 13.8 Å². The molecule has 20 nitrogen and oxygen atoms in total. The first-order valence-corrected chi connectivity index (χ1v) is 13.4. The van der Waals surface area contributed by atoms with Crippen molar-refractivity contribution in [2.24, 2.45) is 0 Å². The van der Waals surface area contributed by atoms with Crippen molar-refractivity contribution < 1.29 is 98.9 Å². The zero-order chi connectivity index (χ0) is 33.4. The summed E-state index contributed by atoms with van der Waals surface area (Å²) < 4.78 is 36.8. The molecule has 2 saturated heterocycles. The van der Waals surface area contributed by atoms with Gasteiger partial charge in [0.1, 0.15) is 48.8 Å². The van der Waals surface area contributed by atoms with Crippen LogP contribution in [0.15, 0.2) is 0 Å². The second-order valence-corrected chi connectivity index (χ2v) is 10.6. The van der Waals surface area contributed by atoms with Gasteiger partial charge in [0.05, 0.1) is 45.2 Å². The molecule has 0 spiro atoms. The fourth-order valence-electron chi connectivity index (χ4n) is 3.99. The Labute approximate surface area is 250 Å². The van der Waals surface area contributed by atoms with Crippen LogP contribution in [-0.2, 0) is 42.7 Å². The maximum absolute atomic E-state index is 11.5. The average molecular weight is 651 g/mol. The highest BCUT2D eigenvalue weighted by atomic mass is 16.7. The molecule has 11 N–H and O–H groups in total. The van der Waals surface area contributed by atoms with E-state index >= 15 is 0 Å². The Balaban J connectivity index is 2.10. The summed E-state index contributed by atoms with van der Waals surface area (Å²) in [6, 6.07) is 0. The quantitative estimate of drug-likeness (QED) is 0.0614. The monoisotopic (exact) mass is 650 g/mol. The third-order valence-corrected chi connectivity index (χ3v) is 6.76. The molecule has 0 bridgehead atoms. The van der Waals surface area contributed by atoms with Crippen LogP contribution >= 0.6 is 0 Å². The molecule has 13 unspecified atom stereocenters. The molecule has 0 aliphatic carbocycles. The highest BCUT2D eigenvalue weighted by molar-refractivity contribution is 5.72. The minimum Gasteiger partial charge on any atom is -0.479 e. The predicted octanol–water partition coefficient (Wildman–Crippen LogP) is -6.33. The Morgan fingerprint density at radius 2 is 1.32 bits per heavy atom. The summed E-state index contributed by atoms with van der Waals surface area (Å²) in [5.41, 5.74) is -1.58. The molecule has 13 atom stereocenters. The van der Waals surface area contributed by atoms with Crippen molar-refractivity contribution in [1.29, 1.82) is 0 Å². The number of rotatable bonds is 18. The first kappa shape index (κ1) is 38.5. The minimum absolute atomic E-state index is 0.428. The first-order valence-electron chi connectivity index (χ1n) is 13.4. The lowest BCUT2D eigenvalue weighted by Crippen LogP contribution is -2.58. The molecule has 2 aliphatic rings. The highest BCUT2D eigenvalue weighted by Gasteiger charge is 2.45. The van der Waals surface area contributed by atoms with Gasteiger partial charge in [0, 0.05) is 0 Å². The van der Waals surface area contributed by atoms with Crippen LogP contribution in [0.4, 0.5) is 0 Å². The molecule has 258 valence electrons. The molecule has 0 aromatic carbocycles. The molecular formula is C24H42O20. The molecule has 20 heteroatoms. The lowest BCUT2D eigenvalue weighted by molar-refractivity contribution is -0.330. The van der Waals surface area contributed by atoms with Gasteiger partial charge < -0.3 is 89.3 Å². The Bertz CT molecular complexity index is 890. The minimum atomic E-state index is -2.03. The molecule has 2 rings (SSSR count). The summed E-state index contributed by atoms with van der Waals surface area (Å²) in [5, 5.41) is 109. The van der Waals surface area contributed by atoms with Crippen molar-refractivity contribution in [3.8, 4) is 0 Å². The van der Waals surface area contributed by atoms with Crippen molar-refractivity contribution >= 4 is 11.9 Å². The molecule has 0 radical (unpaired) electrons. The molecule has 2 heterocycles. The van der Waals surface area contributed by atoms with Gasteiger partial charge in [-0.2, -0.15) is 0 Å². The van der Waals surface area contributed by atoms with Crippen LogP contribution < -0.4 is 0 Å². The summed E-state index contributed by atoms with van der Waals surface area (Å²) in [6.07, 6.45) is -22.3. The van der Waals surface area contributed by atoms with E-state index in [1.807, 2.05) is 0 Å². The number of carbonyl (C=O) groups is 2. The van der Waals surface area contributed by atoms with E-state index in [4.69, 9.17) is 38.3 Å². The van der Waals surface area contributed by atoms with Crippen LogP contribution in [0.3, 0.4) is 0 Å². The Morgan fingerprint density at radius 3 is 1.86 bits per heavy atom. The van der Waals surface area contributed by atoms with E-state index in [0.29, 0.717) is 0 Å². The molecular weight excluding hydrogens is 608 g/mol. The molecule has 2 fully saturated rings. The molecule has 0 aromatic heterocycles. The Morgan fingerprint density at radius 1 is 0.795 bits per heavy atom.